The molecule has 0 aliphatic carbocycles. The lowest BCUT2D eigenvalue weighted by atomic mass is 10.1. The van der Waals surface area contributed by atoms with Crippen LogP contribution in [0, 0.1) is 20.8 Å². The van der Waals surface area contributed by atoms with E-state index in [0.29, 0.717) is 10.0 Å². The second-order valence-electron chi connectivity index (χ2n) is 7.38. The number of nitrogens with zero attached hydrogens (tertiary/aromatic N) is 4. The standard InChI is InChI=1S/C20H25N5OS2/c1-12-16-13(2)21-14(3)22-19(16)28-17(12)18(26)24-20-23-15(11-27-20)10-25-8-6-4-5-7-9-25/h11H,4-10H2,1-3H3,(H,23,24,26). The normalized spacial score (nSPS) is 15.7. The quantitative estimate of drug-likeness (QED) is 0.669. The molecule has 4 rings (SSSR count). The number of rotatable bonds is 4. The molecule has 3 aromatic rings. The Labute approximate surface area is 173 Å². The molecule has 0 unspecified atom stereocenters. The van der Waals surface area contributed by atoms with Crippen molar-refractivity contribution in [2.45, 2.75) is 53.0 Å². The van der Waals surface area contributed by atoms with E-state index in [9.17, 15) is 4.79 Å². The minimum Gasteiger partial charge on any atom is -0.297 e. The molecule has 0 atom stereocenters. The maximum atomic E-state index is 12.9. The summed E-state index contributed by atoms with van der Waals surface area (Å²) >= 11 is 2.91. The van der Waals surface area contributed by atoms with Crippen molar-refractivity contribution in [3.05, 3.63) is 33.0 Å². The second kappa shape index (κ2) is 8.23. The second-order valence-corrected chi connectivity index (χ2v) is 9.24. The molecule has 1 fully saturated rings. The highest BCUT2D eigenvalue weighted by Crippen LogP contribution is 2.32. The number of aromatic nitrogens is 3. The highest BCUT2D eigenvalue weighted by atomic mass is 32.1. The van der Waals surface area contributed by atoms with Crippen molar-refractivity contribution in [3.63, 3.8) is 0 Å². The molecule has 0 saturated carbocycles. The molecular weight excluding hydrogens is 390 g/mol. The summed E-state index contributed by atoms with van der Waals surface area (Å²) in [6, 6.07) is 0. The minimum absolute atomic E-state index is 0.117. The lowest BCUT2D eigenvalue weighted by Gasteiger charge is -2.17. The zero-order valence-electron chi connectivity index (χ0n) is 16.5. The third-order valence-corrected chi connectivity index (χ3v) is 7.14. The molecule has 1 N–H and O–H groups in total. The number of carbonyl (C=O) groups excluding carboxylic acids is 1. The molecule has 1 aliphatic rings. The fourth-order valence-corrected chi connectivity index (χ4v) is 5.67. The Kier molecular flexibility index (Phi) is 5.70. The Hall–Kier alpha value is -1.90. The summed E-state index contributed by atoms with van der Waals surface area (Å²) < 4.78 is 0. The van der Waals surface area contributed by atoms with Gasteiger partial charge in [-0.2, -0.15) is 0 Å². The number of fused-ring (bicyclic) bond motifs is 1. The van der Waals surface area contributed by atoms with Crippen molar-refractivity contribution >= 4 is 43.9 Å². The van der Waals surface area contributed by atoms with Gasteiger partial charge in [-0.15, -0.1) is 22.7 Å². The van der Waals surface area contributed by atoms with Crippen LogP contribution < -0.4 is 5.32 Å². The van der Waals surface area contributed by atoms with Crippen LogP contribution in [0.1, 0.15) is 58.1 Å². The molecule has 1 aliphatic heterocycles. The van der Waals surface area contributed by atoms with Gasteiger partial charge in [-0.25, -0.2) is 15.0 Å². The Morgan fingerprint density at radius 2 is 1.86 bits per heavy atom. The molecule has 0 spiro atoms. The van der Waals surface area contributed by atoms with Gasteiger partial charge < -0.3 is 0 Å². The summed E-state index contributed by atoms with van der Waals surface area (Å²) in [5.41, 5.74) is 2.90. The first kappa shape index (κ1) is 19.4. The zero-order chi connectivity index (χ0) is 19.7. The van der Waals surface area contributed by atoms with Gasteiger partial charge in [0.25, 0.3) is 5.91 Å². The van der Waals surface area contributed by atoms with Crippen molar-refractivity contribution in [2.75, 3.05) is 18.4 Å². The van der Waals surface area contributed by atoms with E-state index in [1.807, 2.05) is 20.8 Å². The molecule has 8 heteroatoms. The number of hydrogen-bond donors (Lipinski definition) is 1. The van der Waals surface area contributed by atoms with Gasteiger partial charge in [-0.3, -0.25) is 15.0 Å². The van der Waals surface area contributed by atoms with E-state index in [0.717, 1.165) is 52.6 Å². The summed E-state index contributed by atoms with van der Waals surface area (Å²) in [5, 5.41) is 6.67. The number of thiazole rings is 1. The number of carbonyl (C=O) groups is 1. The van der Waals surface area contributed by atoms with E-state index >= 15 is 0 Å². The van der Waals surface area contributed by atoms with E-state index in [2.05, 4.69) is 30.5 Å². The number of anilines is 1. The van der Waals surface area contributed by atoms with Gasteiger partial charge in [-0.1, -0.05) is 12.8 Å². The Morgan fingerprint density at radius 3 is 2.61 bits per heavy atom. The van der Waals surface area contributed by atoms with Crippen LogP contribution in [-0.2, 0) is 6.54 Å². The molecule has 148 valence electrons. The first-order chi connectivity index (χ1) is 13.5. The van der Waals surface area contributed by atoms with Crippen molar-refractivity contribution in [1.82, 2.24) is 19.9 Å². The van der Waals surface area contributed by atoms with Crippen molar-refractivity contribution in [2.24, 2.45) is 0 Å². The van der Waals surface area contributed by atoms with E-state index < -0.39 is 0 Å². The van der Waals surface area contributed by atoms with E-state index in [-0.39, 0.29) is 5.91 Å². The van der Waals surface area contributed by atoms with Crippen LogP contribution in [0.15, 0.2) is 5.38 Å². The number of nitrogens with one attached hydrogen (secondary N) is 1. The van der Waals surface area contributed by atoms with Crippen LogP contribution in [-0.4, -0.2) is 38.8 Å². The Bertz CT molecular complexity index is 1000. The van der Waals surface area contributed by atoms with Crippen molar-refractivity contribution in [3.8, 4) is 0 Å². The molecule has 0 aromatic carbocycles. The van der Waals surface area contributed by atoms with Crippen LogP contribution in [0.3, 0.4) is 0 Å². The molecule has 6 nitrogen and oxygen atoms in total. The smallest absolute Gasteiger partial charge is 0.267 e. The highest BCUT2D eigenvalue weighted by Gasteiger charge is 2.20. The SMILES string of the molecule is Cc1nc(C)c2c(C)c(C(=O)Nc3nc(CN4CCCCCC4)cs3)sc2n1. The van der Waals surface area contributed by atoms with E-state index in [1.54, 1.807) is 0 Å². The number of hydrogen-bond acceptors (Lipinski definition) is 7. The van der Waals surface area contributed by atoms with Gasteiger partial charge >= 0.3 is 0 Å². The summed E-state index contributed by atoms with van der Waals surface area (Å²) in [6.45, 7) is 8.95. The maximum absolute atomic E-state index is 12.9. The maximum Gasteiger partial charge on any atom is 0.267 e. The van der Waals surface area contributed by atoms with Crippen LogP contribution in [0.25, 0.3) is 10.2 Å². The van der Waals surface area contributed by atoms with Gasteiger partial charge in [0.05, 0.1) is 10.6 Å². The monoisotopic (exact) mass is 415 g/mol. The van der Waals surface area contributed by atoms with Crippen molar-refractivity contribution < 1.29 is 4.79 Å². The fourth-order valence-electron chi connectivity index (χ4n) is 3.80. The summed E-state index contributed by atoms with van der Waals surface area (Å²) in [5.74, 6) is 0.615. The minimum atomic E-state index is -0.117. The molecular formula is C20H25N5OS2. The number of aryl methyl sites for hydroxylation is 3. The first-order valence-corrected chi connectivity index (χ1v) is 11.4. The lowest BCUT2D eigenvalue weighted by molar-refractivity contribution is 0.103. The van der Waals surface area contributed by atoms with Gasteiger partial charge in [-0.05, 0) is 52.3 Å². The van der Waals surface area contributed by atoms with Gasteiger partial charge in [0.15, 0.2) is 5.13 Å². The van der Waals surface area contributed by atoms with Crippen LogP contribution in [0.4, 0.5) is 5.13 Å². The average Bonchev–Trinajstić information content (AvgIpc) is 3.10. The Morgan fingerprint density at radius 1 is 1.11 bits per heavy atom. The molecule has 4 heterocycles. The molecule has 1 amide bonds. The average molecular weight is 416 g/mol. The van der Waals surface area contributed by atoms with E-state index in [4.69, 9.17) is 0 Å². The third-order valence-electron chi connectivity index (χ3n) is 5.15. The van der Waals surface area contributed by atoms with E-state index in [1.165, 1.54) is 48.4 Å². The molecule has 3 aromatic heterocycles. The fraction of sp³-hybridized carbons (Fsp3) is 0.500. The highest BCUT2D eigenvalue weighted by molar-refractivity contribution is 7.21. The van der Waals surface area contributed by atoms with Gasteiger partial charge in [0, 0.05) is 23.0 Å². The topological polar surface area (TPSA) is 71.0 Å². The molecule has 28 heavy (non-hydrogen) atoms. The molecule has 1 saturated heterocycles. The van der Waals surface area contributed by atoms with Gasteiger partial charge in [0.1, 0.15) is 10.7 Å². The van der Waals surface area contributed by atoms with Crippen LogP contribution in [0.5, 0.6) is 0 Å². The molecule has 0 bridgehead atoms. The predicted octanol–water partition coefficient (Wildman–Crippen LogP) is 4.70. The first-order valence-electron chi connectivity index (χ1n) is 9.73. The zero-order valence-corrected chi connectivity index (χ0v) is 18.2. The lowest BCUT2D eigenvalue weighted by Crippen LogP contribution is -2.24. The molecule has 0 radical (unpaired) electrons. The van der Waals surface area contributed by atoms with Crippen molar-refractivity contribution in [1.29, 1.82) is 0 Å². The summed E-state index contributed by atoms with van der Waals surface area (Å²) in [7, 11) is 0. The van der Waals surface area contributed by atoms with Gasteiger partial charge in [0.2, 0.25) is 0 Å². The summed E-state index contributed by atoms with van der Waals surface area (Å²) in [6.07, 6.45) is 5.18. The predicted molar refractivity (Wildman–Crippen MR) is 115 cm³/mol. The summed E-state index contributed by atoms with van der Waals surface area (Å²) in [4.78, 5) is 30.4. The largest absolute Gasteiger partial charge is 0.297 e. The number of thiophene rings is 1. The van der Waals surface area contributed by atoms with Crippen LogP contribution >= 0.6 is 22.7 Å². The third kappa shape index (κ3) is 4.09. The number of likely N-dealkylation sites (tertiary alicyclic amines) is 1. The van der Waals surface area contributed by atoms with Crippen LogP contribution in [0.2, 0.25) is 0 Å². The number of amides is 1. The Balaban J connectivity index is 1.48.